The predicted octanol–water partition coefficient (Wildman–Crippen LogP) is 4.43. The molecule has 0 spiro atoms. The molecule has 4 N–H and O–H groups in total. The van der Waals surface area contributed by atoms with E-state index in [4.69, 9.17) is 16.2 Å². The van der Waals surface area contributed by atoms with Gasteiger partial charge in [0.2, 0.25) is 0 Å². The third-order valence-electron chi connectivity index (χ3n) is 4.11. The lowest BCUT2D eigenvalue weighted by Gasteiger charge is -2.17. The van der Waals surface area contributed by atoms with Crippen molar-refractivity contribution < 1.29 is 4.74 Å². The van der Waals surface area contributed by atoms with E-state index in [9.17, 15) is 0 Å². The lowest BCUT2D eigenvalue weighted by molar-refractivity contribution is 0.302. The number of ether oxygens (including phenoxy) is 1. The Morgan fingerprint density at radius 2 is 1.62 bits per heavy atom. The average Bonchev–Trinajstić information content (AvgIpc) is 2.55. The molecule has 4 heteroatoms. The molecule has 0 saturated heterocycles. The third kappa shape index (κ3) is 5.82. The first-order chi connectivity index (χ1) is 11.1. The summed E-state index contributed by atoms with van der Waals surface area (Å²) in [6, 6.07) is 14.6. The van der Waals surface area contributed by atoms with E-state index in [1.807, 2.05) is 18.2 Å². The van der Waals surface area contributed by atoms with Crippen LogP contribution in [0.25, 0.3) is 0 Å². The van der Waals surface area contributed by atoms with Crippen LogP contribution in [0.2, 0.25) is 0 Å². The number of rotatable bonds is 8. The van der Waals surface area contributed by atoms with Gasteiger partial charge in [-0.2, -0.15) is 0 Å². The Hall–Kier alpha value is -1.55. The van der Waals surface area contributed by atoms with Gasteiger partial charge in [-0.25, -0.2) is 0 Å². The SMILES string of the molecule is Cc1cc([C@H](N)CCCCN)cc(C)c1OCc1ccccc1.Cl. The highest BCUT2D eigenvalue weighted by Gasteiger charge is 2.11. The van der Waals surface area contributed by atoms with Crippen LogP contribution in [0.1, 0.15) is 47.6 Å². The molecule has 132 valence electrons. The van der Waals surface area contributed by atoms with Gasteiger partial charge in [-0.05, 0) is 55.5 Å². The van der Waals surface area contributed by atoms with Crippen LogP contribution in [-0.4, -0.2) is 6.54 Å². The molecule has 0 fully saturated rings. The fourth-order valence-corrected chi connectivity index (χ4v) is 2.83. The predicted molar refractivity (Wildman–Crippen MR) is 104 cm³/mol. The van der Waals surface area contributed by atoms with E-state index in [1.54, 1.807) is 0 Å². The Balaban J connectivity index is 0.00000288. The van der Waals surface area contributed by atoms with Gasteiger partial charge in [0.1, 0.15) is 12.4 Å². The fourth-order valence-electron chi connectivity index (χ4n) is 2.83. The highest BCUT2D eigenvalue weighted by Crippen LogP contribution is 2.29. The van der Waals surface area contributed by atoms with Crippen molar-refractivity contribution in [2.24, 2.45) is 11.5 Å². The molecule has 0 radical (unpaired) electrons. The van der Waals surface area contributed by atoms with E-state index in [0.717, 1.165) is 42.7 Å². The van der Waals surface area contributed by atoms with Crippen molar-refractivity contribution in [3.05, 3.63) is 64.7 Å². The van der Waals surface area contributed by atoms with Gasteiger partial charge in [-0.15, -0.1) is 12.4 Å². The normalized spacial score (nSPS) is 11.7. The minimum atomic E-state index is 0. The summed E-state index contributed by atoms with van der Waals surface area (Å²) in [6.45, 7) is 5.49. The molecule has 24 heavy (non-hydrogen) atoms. The molecule has 0 bridgehead atoms. The van der Waals surface area contributed by atoms with Gasteiger partial charge in [-0.1, -0.05) is 48.9 Å². The smallest absolute Gasteiger partial charge is 0.125 e. The van der Waals surface area contributed by atoms with E-state index in [-0.39, 0.29) is 18.4 Å². The number of halogens is 1. The number of benzene rings is 2. The largest absolute Gasteiger partial charge is 0.488 e. The second-order valence-electron chi connectivity index (χ2n) is 6.15. The molecule has 0 aliphatic heterocycles. The van der Waals surface area contributed by atoms with Gasteiger partial charge in [0.15, 0.2) is 0 Å². The van der Waals surface area contributed by atoms with E-state index in [1.165, 1.54) is 11.1 Å². The first kappa shape index (κ1) is 20.5. The molecule has 0 saturated carbocycles. The van der Waals surface area contributed by atoms with Crippen LogP contribution >= 0.6 is 12.4 Å². The summed E-state index contributed by atoms with van der Waals surface area (Å²) < 4.78 is 6.03. The number of aryl methyl sites for hydroxylation is 2. The van der Waals surface area contributed by atoms with Crippen molar-refractivity contribution in [2.75, 3.05) is 6.54 Å². The Morgan fingerprint density at radius 3 is 2.21 bits per heavy atom. The lowest BCUT2D eigenvalue weighted by atomic mass is 9.97. The molecule has 0 aliphatic rings. The van der Waals surface area contributed by atoms with Gasteiger partial charge >= 0.3 is 0 Å². The topological polar surface area (TPSA) is 61.3 Å². The van der Waals surface area contributed by atoms with E-state index < -0.39 is 0 Å². The van der Waals surface area contributed by atoms with Crippen molar-refractivity contribution >= 4 is 12.4 Å². The molecular weight excluding hydrogens is 320 g/mol. The van der Waals surface area contributed by atoms with Crippen molar-refractivity contribution in [3.8, 4) is 5.75 Å². The Bertz CT molecular complexity index is 593. The lowest BCUT2D eigenvalue weighted by Crippen LogP contribution is -2.12. The summed E-state index contributed by atoms with van der Waals surface area (Å²) in [5.41, 5.74) is 16.5. The monoisotopic (exact) mass is 348 g/mol. The van der Waals surface area contributed by atoms with Crippen molar-refractivity contribution in [1.29, 1.82) is 0 Å². The molecule has 2 rings (SSSR count). The zero-order valence-corrected chi connectivity index (χ0v) is 15.4. The number of nitrogens with two attached hydrogens (primary N) is 2. The van der Waals surface area contributed by atoms with Crippen LogP contribution in [0.5, 0.6) is 5.75 Å². The number of hydrogen-bond donors (Lipinski definition) is 2. The maximum absolute atomic E-state index is 6.31. The van der Waals surface area contributed by atoms with Crippen molar-refractivity contribution in [3.63, 3.8) is 0 Å². The second kappa shape index (κ2) is 10.3. The van der Waals surface area contributed by atoms with Gasteiger partial charge in [-0.3, -0.25) is 0 Å². The minimum Gasteiger partial charge on any atom is -0.488 e. The zero-order chi connectivity index (χ0) is 16.7. The third-order valence-corrected chi connectivity index (χ3v) is 4.11. The summed E-state index contributed by atoms with van der Waals surface area (Å²) in [5.74, 6) is 0.965. The number of unbranched alkanes of at least 4 members (excludes halogenated alkanes) is 1. The summed E-state index contributed by atoms with van der Waals surface area (Å²) in [6.07, 6.45) is 3.08. The molecule has 2 aromatic carbocycles. The van der Waals surface area contributed by atoms with Crippen LogP contribution in [0.4, 0.5) is 0 Å². The standard InChI is InChI=1S/C20H28N2O.ClH/c1-15-12-18(19(22)10-6-7-11-21)13-16(2)20(15)23-14-17-8-4-3-5-9-17;/h3-5,8-9,12-13,19H,6-7,10-11,14,21-22H2,1-2H3;1H/t19-;/m1./s1. The molecule has 1 atom stereocenters. The second-order valence-corrected chi connectivity index (χ2v) is 6.15. The van der Waals surface area contributed by atoms with E-state index >= 15 is 0 Å². The van der Waals surface area contributed by atoms with Crippen molar-refractivity contribution in [1.82, 2.24) is 0 Å². The van der Waals surface area contributed by atoms with E-state index in [0.29, 0.717) is 6.61 Å². The van der Waals surface area contributed by atoms with Crippen LogP contribution < -0.4 is 16.2 Å². The Morgan fingerprint density at radius 1 is 1.00 bits per heavy atom. The molecule has 3 nitrogen and oxygen atoms in total. The first-order valence-electron chi connectivity index (χ1n) is 8.35. The summed E-state index contributed by atoms with van der Waals surface area (Å²) in [5, 5.41) is 0. The zero-order valence-electron chi connectivity index (χ0n) is 14.6. The summed E-state index contributed by atoms with van der Waals surface area (Å²) in [7, 11) is 0. The van der Waals surface area contributed by atoms with Crippen molar-refractivity contribution in [2.45, 2.75) is 45.8 Å². The maximum atomic E-state index is 6.31. The van der Waals surface area contributed by atoms with Gasteiger partial charge in [0, 0.05) is 6.04 Å². The average molecular weight is 349 g/mol. The van der Waals surface area contributed by atoms with Gasteiger partial charge < -0.3 is 16.2 Å². The summed E-state index contributed by atoms with van der Waals surface area (Å²) >= 11 is 0. The highest BCUT2D eigenvalue weighted by atomic mass is 35.5. The Labute approximate surface area is 151 Å². The molecule has 2 aromatic rings. The molecular formula is C20H29ClN2O. The quantitative estimate of drug-likeness (QED) is 0.693. The van der Waals surface area contributed by atoms with Crippen LogP contribution in [0.3, 0.4) is 0 Å². The molecule has 0 heterocycles. The van der Waals surface area contributed by atoms with Crippen LogP contribution in [0, 0.1) is 13.8 Å². The van der Waals surface area contributed by atoms with Crippen LogP contribution in [0.15, 0.2) is 42.5 Å². The highest BCUT2D eigenvalue weighted by molar-refractivity contribution is 5.85. The molecule has 0 aromatic heterocycles. The number of hydrogen-bond acceptors (Lipinski definition) is 3. The first-order valence-corrected chi connectivity index (χ1v) is 8.35. The molecule has 0 amide bonds. The maximum Gasteiger partial charge on any atom is 0.125 e. The van der Waals surface area contributed by atoms with Crippen LogP contribution in [-0.2, 0) is 6.61 Å². The molecule has 0 aliphatic carbocycles. The van der Waals surface area contributed by atoms with Gasteiger partial charge in [0.25, 0.3) is 0 Å². The molecule has 0 unspecified atom stereocenters. The Kier molecular flexibility index (Phi) is 8.83. The minimum absolute atomic E-state index is 0. The van der Waals surface area contributed by atoms with E-state index in [2.05, 4.69) is 38.1 Å². The summed E-state index contributed by atoms with van der Waals surface area (Å²) in [4.78, 5) is 0. The van der Waals surface area contributed by atoms with Gasteiger partial charge in [0.05, 0.1) is 0 Å². The fraction of sp³-hybridized carbons (Fsp3) is 0.400.